The molecule has 5 heteroatoms. The smallest absolute Gasteiger partial charge is 0.157 e. The van der Waals surface area contributed by atoms with Crippen molar-refractivity contribution in [2.75, 3.05) is 13.1 Å². The highest BCUT2D eigenvalue weighted by atomic mass is 19.1. The first-order valence-electron chi connectivity index (χ1n) is 9.87. The van der Waals surface area contributed by atoms with Gasteiger partial charge < -0.3 is 5.11 Å². The average Bonchev–Trinajstić information content (AvgIpc) is 3.51. The topological polar surface area (TPSA) is 53.4 Å². The van der Waals surface area contributed by atoms with Gasteiger partial charge in [0.1, 0.15) is 5.82 Å². The molecule has 1 aliphatic carbocycles. The van der Waals surface area contributed by atoms with E-state index in [-0.39, 0.29) is 17.5 Å². The molecule has 2 aliphatic rings. The van der Waals surface area contributed by atoms with Crippen molar-refractivity contribution in [3.8, 4) is 0 Å². The third-order valence-corrected chi connectivity index (χ3v) is 5.56. The molecule has 0 radical (unpaired) electrons. The first kappa shape index (κ1) is 19.0. The molecule has 146 valence electrons. The van der Waals surface area contributed by atoms with E-state index in [2.05, 4.69) is 4.98 Å². The second-order valence-electron chi connectivity index (χ2n) is 7.80. The van der Waals surface area contributed by atoms with E-state index in [0.717, 1.165) is 29.8 Å². The van der Waals surface area contributed by atoms with Gasteiger partial charge in [0.2, 0.25) is 0 Å². The number of rotatable bonds is 5. The van der Waals surface area contributed by atoms with E-state index in [1.54, 1.807) is 18.2 Å². The molecule has 2 fully saturated rings. The Morgan fingerprint density at radius 3 is 2.71 bits per heavy atom. The number of aromatic nitrogens is 1. The molecule has 0 spiro atoms. The van der Waals surface area contributed by atoms with Crippen LogP contribution in [-0.4, -0.2) is 40.0 Å². The Bertz CT molecular complexity index is 907. The molecule has 2 atom stereocenters. The predicted octanol–water partition coefficient (Wildman–Crippen LogP) is 3.70. The van der Waals surface area contributed by atoms with Crippen molar-refractivity contribution in [2.24, 2.45) is 5.92 Å². The summed E-state index contributed by atoms with van der Waals surface area (Å²) in [7, 11) is 0. The average molecular weight is 380 g/mol. The van der Waals surface area contributed by atoms with Gasteiger partial charge in [0.05, 0.1) is 17.8 Å². The van der Waals surface area contributed by atoms with Crippen LogP contribution >= 0.6 is 0 Å². The van der Waals surface area contributed by atoms with Crippen molar-refractivity contribution >= 4 is 11.9 Å². The van der Waals surface area contributed by atoms with Gasteiger partial charge in [-0.2, -0.15) is 0 Å². The lowest BCUT2D eigenvalue weighted by molar-refractivity contribution is -0.126. The van der Waals surface area contributed by atoms with Gasteiger partial charge in [0.15, 0.2) is 5.78 Å². The van der Waals surface area contributed by atoms with Crippen molar-refractivity contribution in [2.45, 2.75) is 38.3 Å². The van der Waals surface area contributed by atoms with Crippen LogP contribution < -0.4 is 0 Å². The van der Waals surface area contributed by atoms with Gasteiger partial charge in [0.25, 0.3) is 0 Å². The van der Waals surface area contributed by atoms with E-state index in [4.69, 9.17) is 0 Å². The quantitative estimate of drug-likeness (QED) is 0.859. The summed E-state index contributed by atoms with van der Waals surface area (Å²) < 4.78 is 14.6. The zero-order chi connectivity index (χ0) is 19.7. The molecule has 2 heterocycles. The van der Waals surface area contributed by atoms with Crippen LogP contribution in [0.4, 0.5) is 4.39 Å². The normalized spacial score (nSPS) is 23.0. The van der Waals surface area contributed by atoms with Gasteiger partial charge in [-0.05, 0) is 56.0 Å². The number of carbonyl (C=O) groups is 1. The van der Waals surface area contributed by atoms with Crippen LogP contribution in [0.5, 0.6) is 0 Å². The van der Waals surface area contributed by atoms with Crippen molar-refractivity contribution in [1.82, 2.24) is 9.88 Å². The Balaban J connectivity index is 1.65. The summed E-state index contributed by atoms with van der Waals surface area (Å²) >= 11 is 0. The van der Waals surface area contributed by atoms with Gasteiger partial charge >= 0.3 is 0 Å². The minimum Gasteiger partial charge on any atom is -0.389 e. The standard InChI is InChI=1S/C23H25FN2O2/c1-15-5-4-6-18(25-15)13-17-14-26(12-11-21(17)27)22(23(28)16-9-10-16)19-7-2-3-8-20(19)24/h2-8,13,16,21-22,27H,9-12,14H2,1H3. The zero-order valence-corrected chi connectivity index (χ0v) is 16.0. The van der Waals surface area contributed by atoms with Crippen LogP contribution in [0.15, 0.2) is 48.0 Å². The Morgan fingerprint density at radius 1 is 1.21 bits per heavy atom. The number of likely N-dealkylation sites (tertiary alicyclic amines) is 1. The summed E-state index contributed by atoms with van der Waals surface area (Å²) in [6.07, 6.45) is 3.60. The number of aliphatic hydroxyl groups is 1. The SMILES string of the molecule is Cc1cccc(C=C2CN(C(C(=O)C3CC3)c3ccccc3F)CCC2O)n1. The molecule has 2 unspecified atom stereocenters. The Morgan fingerprint density at radius 2 is 2.00 bits per heavy atom. The molecule has 0 bridgehead atoms. The number of hydrogen-bond donors (Lipinski definition) is 1. The molecule has 1 saturated carbocycles. The molecule has 2 aromatic rings. The maximum Gasteiger partial charge on any atom is 0.157 e. The zero-order valence-electron chi connectivity index (χ0n) is 16.0. The molecule has 0 amide bonds. The molecule has 4 rings (SSSR count). The first-order chi connectivity index (χ1) is 13.5. The molecule has 28 heavy (non-hydrogen) atoms. The number of ketones is 1. The molecule has 1 aliphatic heterocycles. The number of halogens is 1. The summed E-state index contributed by atoms with van der Waals surface area (Å²) in [5.74, 6) is -0.227. The van der Waals surface area contributed by atoms with Crippen LogP contribution in [0.1, 0.15) is 42.3 Å². The fourth-order valence-corrected chi connectivity index (χ4v) is 3.91. The highest BCUT2D eigenvalue weighted by molar-refractivity contribution is 5.89. The second kappa shape index (κ2) is 7.94. The van der Waals surface area contributed by atoms with E-state index < -0.39 is 12.1 Å². The fraction of sp³-hybridized carbons (Fsp3) is 0.391. The number of aliphatic hydroxyl groups excluding tert-OH is 1. The second-order valence-corrected chi connectivity index (χ2v) is 7.80. The van der Waals surface area contributed by atoms with E-state index in [9.17, 15) is 14.3 Å². The lowest BCUT2D eigenvalue weighted by Crippen LogP contribution is -2.43. The highest BCUT2D eigenvalue weighted by Crippen LogP contribution is 2.39. The number of benzene rings is 1. The number of pyridine rings is 1. The van der Waals surface area contributed by atoms with Crippen molar-refractivity contribution in [3.63, 3.8) is 0 Å². The molecular formula is C23H25FN2O2. The fourth-order valence-electron chi connectivity index (χ4n) is 3.91. The summed E-state index contributed by atoms with van der Waals surface area (Å²) in [4.78, 5) is 19.5. The largest absolute Gasteiger partial charge is 0.389 e. The number of aryl methyl sites for hydroxylation is 1. The Hall–Kier alpha value is -2.37. The monoisotopic (exact) mass is 380 g/mol. The molecule has 1 saturated heterocycles. The van der Waals surface area contributed by atoms with E-state index >= 15 is 0 Å². The maximum atomic E-state index is 14.6. The summed E-state index contributed by atoms with van der Waals surface area (Å²) in [6.45, 7) is 2.90. The van der Waals surface area contributed by atoms with Crippen LogP contribution in [0.3, 0.4) is 0 Å². The van der Waals surface area contributed by atoms with Gasteiger partial charge in [-0.1, -0.05) is 24.3 Å². The van der Waals surface area contributed by atoms with Crippen molar-refractivity contribution in [3.05, 3.63) is 70.8 Å². The van der Waals surface area contributed by atoms with Gasteiger partial charge in [0, 0.05) is 30.3 Å². The summed E-state index contributed by atoms with van der Waals surface area (Å²) in [5, 5.41) is 10.5. The maximum absolute atomic E-state index is 14.6. The molecular weight excluding hydrogens is 355 g/mol. The van der Waals surface area contributed by atoms with Crippen LogP contribution in [0, 0.1) is 18.7 Å². The summed E-state index contributed by atoms with van der Waals surface area (Å²) in [6, 6.07) is 11.7. The third-order valence-electron chi connectivity index (χ3n) is 5.56. The summed E-state index contributed by atoms with van der Waals surface area (Å²) in [5.41, 5.74) is 2.94. The van der Waals surface area contributed by atoms with Crippen molar-refractivity contribution < 1.29 is 14.3 Å². The lowest BCUT2D eigenvalue weighted by Gasteiger charge is -2.37. The molecule has 1 N–H and O–H groups in total. The number of nitrogens with zero attached hydrogens (tertiary/aromatic N) is 2. The molecule has 1 aromatic heterocycles. The molecule has 4 nitrogen and oxygen atoms in total. The van der Waals surface area contributed by atoms with E-state index in [0.29, 0.717) is 25.1 Å². The number of hydrogen-bond acceptors (Lipinski definition) is 4. The molecule has 1 aromatic carbocycles. The minimum absolute atomic E-state index is 0.0299. The van der Waals surface area contributed by atoms with Gasteiger partial charge in [-0.25, -0.2) is 4.39 Å². The van der Waals surface area contributed by atoms with Crippen LogP contribution in [-0.2, 0) is 4.79 Å². The van der Waals surface area contributed by atoms with Gasteiger partial charge in [-0.15, -0.1) is 0 Å². The first-order valence-corrected chi connectivity index (χ1v) is 9.87. The third kappa shape index (κ3) is 4.05. The van der Waals surface area contributed by atoms with Crippen molar-refractivity contribution in [1.29, 1.82) is 0 Å². The highest BCUT2D eigenvalue weighted by Gasteiger charge is 2.40. The van der Waals surface area contributed by atoms with Crippen LogP contribution in [0.2, 0.25) is 0 Å². The Kier molecular flexibility index (Phi) is 5.38. The number of Topliss-reactive ketones (excluding diaryl/α,β-unsaturated/α-hetero) is 1. The number of piperidine rings is 1. The lowest BCUT2D eigenvalue weighted by atomic mass is 9.92. The van der Waals surface area contributed by atoms with Crippen LogP contribution in [0.25, 0.3) is 6.08 Å². The predicted molar refractivity (Wildman–Crippen MR) is 106 cm³/mol. The number of carbonyl (C=O) groups excluding carboxylic acids is 1. The minimum atomic E-state index is -0.602. The van der Waals surface area contributed by atoms with Gasteiger partial charge in [-0.3, -0.25) is 14.7 Å². The Labute approximate surface area is 164 Å². The van der Waals surface area contributed by atoms with E-state index in [1.807, 2.05) is 36.1 Å². The van der Waals surface area contributed by atoms with E-state index in [1.165, 1.54) is 6.07 Å².